The minimum absolute atomic E-state index is 0.0714. The lowest BCUT2D eigenvalue weighted by Crippen LogP contribution is -2.18. The van der Waals surface area contributed by atoms with Gasteiger partial charge in [0.05, 0.1) is 17.1 Å². The molecular formula is C16H22ClN3. The Bertz CT molecular complexity index is 590. The van der Waals surface area contributed by atoms with Gasteiger partial charge < -0.3 is 4.57 Å². The summed E-state index contributed by atoms with van der Waals surface area (Å²) in [5.41, 5.74) is 2.15. The van der Waals surface area contributed by atoms with Crippen LogP contribution in [0.5, 0.6) is 0 Å². The number of pyridine rings is 1. The van der Waals surface area contributed by atoms with Crippen LogP contribution in [0, 0.1) is 5.92 Å². The molecule has 0 aliphatic heterocycles. The molecule has 1 aliphatic rings. The molecule has 2 aromatic rings. The second-order valence-corrected chi connectivity index (χ2v) is 6.66. The van der Waals surface area contributed by atoms with Crippen molar-refractivity contribution in [2.45, 2.75) is 57.4 Å². The largest absolute Gasteiger partial charge is 0.323 e. The third-order valence-corrected chi connectivity index (χ3v) is 4.72. The van der Waals surface area contributed by atoms with Gasteiger partial charge in [-0.1, -0.05) is 26.2 Å². The molecule has 0 radical (unpaired) electrons. The maximum atomic E-state index is 6.38. The van der Waals surface area contributed by atoms with Crippen molar-refractivity contribution in [2.75, 3.05) is 0 Å². The van der Waals surface area contributed by atoms with E-state index in [1.165, 1.54) is 37.6 Å². The van der Waals surface area contributed by atoms with Crippen molar-refractivity contribution >= 4 is 22.6 Å². The van der Waals surface area contributed by atoms with Crippen LogP contribution in [0.4, 0.5) is 0 Å². The summed E-state index contributed by atoms with van der Waals surface area (Å²) < 4.78 is 2.39. The number of aromatic nitrogens is 3. The highest BCUT2D eigenvalue weighted by Crippen LogP contribution is 2.37. The minimum Gasteiger partial charge on any atom is -0.323 e. The molecule has 2 aromatic heterocycles. The van der Waals surface area contributed by atoms with E-state index >= 15 is 0 Å². The lowest BCUT2D eigenvalue weighted by atomic mass is 9.96. The molecule has 3 atom stereocenters. The van der Waals surface area contributed by atoms with E-state index in [1.54, 1.807) is 0 Å². The monoisotopic (exact) mass is 291 g/mol. The molecule has 0 amide bonds. The summed E-state index contributed by atoms with van der Waals surface area (Å²) in [5, 5.41) is -0.0714. The number of alkyl halides is 1. The molecule has 3 unspecified atom stereocenters. The van der Waals surface area contributed by atoms with Crippen LogP contribution in [0.15, 0.2) is 18.5 Å². The van der Waals surface area contributed by atoms with Gasteiger partial charge in [-0.2, -0.15) is 0 Å². The molecule has 1 saturated carbocycles. The van der Waals surface area contributed by atoms with Crippen LogP contribution >= 0.6 is 11.6 Å². The van der Waals surface area contributed by atoms with Gasteiger partial charge in [-0.3, -0.25) is 4.98 Å². The third-order valence-electron chi connectivity index (χ3n) is 4.52. The van der Waals surface area contributed by atoms with E-state index in [-0.39, 0.29) is 5.38 Å². The molecule has 3 nitrogen and oxygen atoms in total. The molecule has 4 heteroatoms. The quantitative estimate of drug-likeness (QED) is 0.583. The first-order valence-corrected chi connectivity index (χ1v) is 8.08. The topological polar surface area (TPSA) is 30.7 Å². The molecule has 0 N–H and O–H groups in total. The van der Waals surface area contributed by atoms with Crippen LogP contribution in [0.1, 0.15) is 63.2 Å². The Morgan fingerprint density at radius 3 is 2.90 bits per heavy atom. The highest BCUT2D eigenvalue weighted by molar-refractivity contribution is 6.20. The fourth-order valence-electron chi connectivity index (χ4n) is 3.46. The van der Waals surface area contributed by atoms with Crippen molar-refractivity contribution in [3.63, 3.8) is 0 Å². The molecule has 1 fully saturated rings. The van der Waals surface area contributed by atoms with Gasteiger partial charge >= 0.3 is 0 Å². The summed E-state index contributed by atoms with van der Waals surface area (Å²) in [6.07, 6.45) is 10.2. The number of nitrogens with zero attached hydrogens (tertiary/aromatic N) is 3. The van der Waals surface area contributed by atoms with E-state index in [0.717, 1.165) is 11.3 Å². The van der Waals surface area contributed by atoms with E-state index < -0.39 is 0 Å². The number of fused-ring (bicyclic) bond motifs is 1. The first-order chi connectivity index (χ1) is 9.68. The molecular weight excluding hydrogens is 270 g/mol. The van der Waals surface area contributed by atoms with E-state index in [0.29, 0.717) is 12.0 Å². The van der Waals surface area contributed by atoms with Gasteiger partial charge in [-0.15, -0.1) is 11.6 Å². The van der Waals surface area contributed by atoms with Gasteiger partial charge in [0.1, 0.15) is 11.3 Å². The fraction of sp³-hybridized carbons (Fsp3) is 0.625. The van der Waals surface area contributed by atoms with Gasteiger partial charge in [0.25, 0.3) is 0 Å². The summed E-state index contributed by atoms with van der Waals surface area (Å²) in [4.78, 5) is 8.91. The molecule has 0 bridgehead atoms. The molecule has 2 heterocycles. The summed E-state index contributed by atoms with van der Waals surface area (Å²) in [6.45, 7) is 4.37. The molecule has 3 rings (SSSR count). The smallest absolute Gasteiger partial charge is 0.128 e. The minimum atomic E-state index is -0.0714. The van der Waals surface area contributed by atoms with Crippen molar-refractivity contribution in [2.24, 2.45) is 5.92 Å². The molecule has 0 aromatic carbocycles. The lowest BCUT2D eigenvalue weighted by molar-refractivity contribution is 0.333. The van der Waals surface area contributed by atoms with E-state index in [1.807, 2.05) is 19.3 Å². The van der Waals surface area contributed by atoms with Crippen molar-refractivity contribution in [3.05, 3.63) is 24.3 Å². The normalized spacial score (nSPS) is 25.6. The van der Waals surface area contributed by atoms with Gasteiger partial charge in [-0.05, 0) is 31.7 Å². The van der Waals surface area contributed by atoms with Gasteiger partial charge in [0.2, 0.25) is 0 Å². The highest BCUT2D eigenvalue weighted by atomic mass is 35.5. The first kappa shape index (κ1) is 13.9. The highest BCUT2D eigenvalue weighted by Gasteiger charge is 2.27. The number of hydrogen-bond acceptors (Lipinski definition) is 2. The number of rotatable bonds is 2. The van der Waals surface area contributed by atoms with Crippen molar-refractivity contribution in [1.82, 2.24) is 14.5 Å². The van der Waals surface area contributed by atoms with Crippen LogP contribution in [0.2, 0.25) is 0 Å². The van der Waals surface area contributed by atoms with Crippen molar-refractivity contribution in [1.29, 1.82) is 0 Å². The zero-order valence-corrected chi connectivity index (χ0v) is 13.0. The summed E-state index contributed by atoms with van der Waals surface area (Å²) >= 11 is 6.38. The Kier molecular flexibility index (Phi) is 3.97. The van der Waals surface area contributed by atoms with Crippen LogP contribution in [-0.2, 0) is 0 Å². The Hall–Kier alpha value is -1.09. The maximum absolute atomic E-state index is 6.38. The zero-order valence-electron chi connectivity index (χ0n) is 12.2. The summed E-state index contributed by atoms with van der Waals surface area (Å²) in [7, 11) is 0. The van der Waals surface area contributed by atoms with Gasteiger partial charge in [-0.25, -0.2) is 4.98 Å². The summed E-state index contributed by atoms with van der Waals surface area (Å²) in [6, 6.07) is 2.59. The second-order valence-electron chi connectivity index (χ2n) is 6.00. The van der Waals surface area contributed by atoms with E-state index in [9.17, 15) is 0 Å². The van der Waals surface area contributed by atoms with Crippen LogP contribution in [0.3, 0.4) is 0 Å². The van der Waals surface area contributed by atoms with Crippen molar-refractivity contribution in [3.8, 4) is 0 Å². The zero-order chi connectivity index (χ0) is 14.1. The molecule has 1 aliphatic carbocycles. The lowest BCUT2D eigenvalue weighted by Gasteiger charge is -2.26. The molecule has 108 valence electrons. The Balaban J connectivity index is 2.14. The Morgan fingerprint density at radius 2 is 2.10 bits per heavy atom. The molecule has 0 spiro atoms. The predicted octanol–water partition coefficient (Wildman–Crippen LogP) is 4.87. The fourth-order valence-corrected chi connectivity index (χ4v) is 3.61. The average molecular weight is 292 g/mol. The standard InChI is InChI=1S/C16H22ClN3/c1-11-6-4-3-5-7-14(11)20-15-8-9-18-10-13(15)19-16(20)12(2)17/h8-12,14H,3-7H2,1-2H3. The van der Waals surface area contributed by atoms with E-state index in [2.05, 4.69) is 22.5 Å². The van der Waals surface area contributed by atoms with Crippen molar-refractivity contribution < 1.29 is 0 Å². The van der Waals surface area contributed by atoms with Gasteiger partial charge in [0.15, 0.2) is 0 Å². The van der Waals surface area contributed by atoms with Gasteiger partial charge in [0, 0.05) is 12.2 Å². The predicted molar refractivity (Wildman–Crippen MR) is 83.1 cm³/mol. The Morgan fingerprint density at radius 1 is 1.30 bits per heavy atom. The summed E-state index contributed by atoms with van der Waals surface area (Å²) in [5.74, 6) is 1.67. The number of imidazole rings is 1. The Labute approximate surface area is 125 Å². The third kappa shape index (κ3) is 2.44. The SMILES string of the molecule is CC(Cl)c1nc2cnccc2n1C1CCCCCC1C. The first-order valence-electron chi connectivity index (χ1n) is 7.64. The second kappa shape index (κ2) is 5.72. The molecule has 0 saturated heterocycles. The molecule has 20 heavy (non-hydrogen) atoms. The average Bonchev–Trinajstić information content (AvgIpc) is 2.70. The van der Waals surface area contributed by atoms with Crippen LogP contribution in [-0.4, -0.2) is 14.5 Å². The van der Waals surface area contributed by atoms with E-state index in [4.69, 9.17) is 16.6 Å². The van der Waals surface area contributed by atoms with Crippen LogP contribution < -0.4 is 0 Å². The number of halogens is 1. The number of hydrogen-bond donors (Lipinski definition) is 0. The maximum Gasteiger partial charge on any atom is 0.128 e. The van der Waals surface area contributed by atoms with Crippen LogP contribution in [0.25, 0.3) is 11.0 Å².